The van der Waals surface area contributed by atoms with E-state index >= 15 is 0 Å². The van der Waals surface area contributed by atoms with E-state index in [-0.39, 0.29) is 0 Å². The van der Waals surface area contributed by atoms with Crippen LogP contribution < -0.4 is 10.1 Å². The van der Waals surface area contributed by atoms with Crippen LogP contribution in [0.1, 0.15) is 21.6 Å². The van der Waals surface area contributed by atoms with Gasteiger partial charge in [-0.1, -0.05) is 12.1 Å². The van der Waals surface area contributed by atoms with Crippen LogP contribution in [0.4, 0.5) is 0 Å². The van der Waals surface area contributed by atoms with E-state index in [4.69, 9.17) is 4.74 Å². The summed E-state index contributed by atoms with van der Waals surface area (Å²) < 4.78 is 5.07. The van der Waals surface area contributed by atoms with E-state index in [0.717, 1.165) is 9.88 Å². The number of hydrogen-bond donors (Lipinski definition) is 2. The zero-order chi connectivity index (χ0) is 14.5. The van der Waals surface area contributed by atoms with Gasteiger partial charge in [-0.15, -0.1) is 11.3 Å². The maximum Gasteiger partial charge on any atom is 0.253 e. The minimum absolute atomic E-state index is 0.366. The molecule has 1 aromatic heterocycles. The molecule has 6 heteroatoms. The summed E-state index contributed by atoms with van der Waals surface area (Å²) >= 11 is 1.52. The topological polar surface area (TPSA) is 71.5 Å². The number of thiazole rings is 1. The molecule has 0 aliphatic carbocycles. The van der Waals surface area contributed by atoms with Crippen LogP contribution in [0.3, 0.4) is 0 Å². The highest BCUT2D eigenvalue weighted by atomic mass is 32.1. The average Bonchev–Trinajstić information content (AvgIpc) is 2.89. The van der Waals surface area contributed by atoms with Crippen molar-refractivity contribution < 1.29 is 14.6 Å². The first kappa shape index (κ1) is 14.5. The van der Waals surface area contributed by atoms with Gasteiger partial charge in [-0.2, -0.15) is 0 Å². The normalized spacial score (nSPS) is 11.9. The van der Waals surface area contributed by atoms with Gasteiger partial charge in [0, 0.05) is 11.1 Å². The molecule has 0 saturated carbocycles. The van der Waals surface area contributed by atoms with Crippen molar-refractivity contribution in [2.75, 3.05) is 7.11 Å². The van der Waals surface area contributed by atoms with Crippen LogP contribution in [0, 0.1) is 6.92 Å². The van der Waals surface area contributed by atoms with Crippen LogP contribution in [0.25, 0.3) is 0 Å². The number of nitrogens with zero attached hydrogens (tertiary/aromatic N) is 1. The number of methoxy groups -OCH3 is 1. The van der Waals surface area contributed by atoms with E-state index in [2.05, 4.69) is 10.3 Å². The summed E-state index contributed by atoms with van der Waals surface area (Å²) in [5.41, 5.74) is 0.502. The smallest absolute Gasteiger partial charge is 0.253 e. The summed E-state index contributed by atoms with van der Waals surface area (Å²) in [6.45, 7) is 2.27. The molecule has 0 radical (unpaired) electrons. The van der Waals surface area contributed by atoms with Crippen molar-refractivity contribution in [2.45, 2.75) is 19.6 Å². The minimum atomic E-state index is -1.21. The van der Waals surface area contributed by atoms with Gasteiger partial charge < -0.3 is 15.2 Å². The highest BCUT2D eigenvalue weighted by molar-refractivity contribution is 7.11. The lowest BCUT2D eigenvalue weighted by atomic mass is 10.1. The molecule has 1 heterocycles. The highest BCUT2D eigenvalue weighted by Crippen LogP contribution is 2.19. The summed E-state index contributed by atoms with van der Waals surface area (Å²) in [6.07, 6.45) is 0.511. The fourth-order valence-corrected chi connectivity index (χ4v) is 2.46. The molecule has 0 saturated heterocycles. The maximum absolute atomic E-state index is 11.9. The summed E-state index contributed by atoms with van der Waals surface area (Å²) in [5.74, 6) is 0.164. The molecule has 0 aliphatic rings. The lowest BCUT2D eigenvalue weighted by Gasteiger charge is -2.12. The SMILES string of the molecule is COc1cccc(C(O)C(=O)NCc2cnc(C)s2)c1. The van der Waals surface area contributed by atoms with E-state index in [1.165, 1.54) is 18.4 Å². The van der Waals surface area contributed by atoms with E-state index in [9.17, 15) is 9.90 Å². The standard InChI is InChI=1S/C14H16N2O3S/c1-9-15-7-12(20-9)8-16-14(18)13(17)10-4-3-5-11(6-10)19-2/h3-7,13,17H,8H2,1-2H3,(H,16,18). The van der Waals surface area contributed by atoms with Crippen LogP contribution in [0.15, 0.2) is 30.5 Å². The van der Waals surface area contributed by atoms with Crippen molar-refractivity contribution in [1.82, 2.24) is 10.3 Å². The zero-order valence-electron chi connectivity index (χ0n) is 11.3. The Morgan fingerprint density at radius 2 is 2.35 bits per heavy atom. The summed E-state index contributed by atoms with van der Waals surface area (Å²) in [6, 6.07) is 6.82. The first-order chi connectivity index (χ1) is 9.60. The second-order valence-corrected chi connectivity index (χ2v) is 5.56. The number of rotatable bonds is 5. The maximum atomic E-state index is 11.9. The Labute approximate surface area is 121 Å². The van der Waals surface area contributed by atoms with Gasteiger partial charge in [-0.3, -0.25) is 4.79 Å². The summed E-state index contributed by atoms with van der Waals surface area (Å²) in [5, 5.41) is 13.6. The Balaban J connectivity index is 1.97. The van der Waals surface area contributed by atoms with Gasteiger partial charge >= 0.3 is 0 Å². The lowest BCUT2D eigenvalue weighted by molar-refractivity contribution is -0.129. The van der Waals surface area contributed by atoms with E-state index in [0.29, 0.717) is 17.9 Å². The number of aliphatic hydroxyl groups excluding tert-OH is 1. The Bertz CT molecular complexity index is 598. The number of carbonyl (C=O) groups is 1. The quantitative estimate of drug-likeness (QED) is 0.881. The number of benzene rings is 1. The van der Waals surface area contributed by atoms with Gasteiger partial charge in [0.15, 0.2) is 6.10 Å². The molecule has 0 bridgehead atoms. The molecular weight excluding hydrogens is 276 g/mol. The van der Waals surface area contributed by atoms with E-state index in [1.54, 1.807) is 30.5 Å². The number of nitrogens with one attached hydrogen (secondary N) is 1. The first-order valence-corrected chi connectivity index (χ1v) is 6.93. The molecular formula is C14H16N2O3S. The Morgan fingerprint density at radius 3 is 3.00 bits per heavy atom. The van der Waals surface area contributed by atoms with Crippen molar-refractivity contribution in [3.8, 4) is 5.75 Å². The van der Waals surface area contributed by atoms with Gasteiger partial charge in [-0.05, 0) is 24.6 Å². The number of carbonyl (C=O) groups excluding carboxylic acids is 1. The van der Waals surface area contributed by atoms with Crippen molar-refractivity contribution >= 4 is 17.2 Å². The fraction of sp³-hybridized carbons (Fsp3) is 0.286. The Hall–Kier alpha value is -1.92. The third kappa shape index (κ3) is 3.55. The number of ether oxygens (including phenoxy) is 1. The molecule has 20 heavy (non-hydrogen) atoms. The zero-order valence-corrected chi connectivity index (χ0v) is 12.1. The third-order valence-electron chi connectivity index (χ3n) is 2.76. The molecule has 2 rings (SSSR count). The van der Waals surface area contributed by atoms with E-state index < -0.39 is 12.0 Å². The number of aliphatic hydroxyl groups is 1. The highest BCUT2D eigenvalue weighted by Gasteiger charge is 2.17. The average molecular weight is 292 g/mol. The molecule has 1 atom stereocenters. The molecule has 2 aromatic rings. The largest absolute Gasteiger partial charge is 0.497 e. The number of amides is 1. The van der Waals surface area contributed by atoms with E-state index in [1.807, 2.05) is 6.92 Å². The van der Waals surface area contributed by atoms with Gasteiger partial charge in [0.05, 0.1) is 18.7 Å². The second-order valence-electron chi connectivity index (χ2n) is 4.24. The molecule has 106 valence electrons. The molecule has 0 spiro atoms. The molecule has 2 N–H and O–H groups in total. The van der Waals surface area contributed by atoms with Gasteiger partial charge in [-0.25, -0.2) is 4.98 Å². The number of hydrogen-bond acceptors (Lipinski definition) is 5. The minimum Gasteiger partial charge on any atom is -0.497 e. The van der Waals surface area contributed by atoms with Crippen molar-refractivity contribution in [3.63, 3.8) is 0 Å². The third-order valence-corrected chi connectivity index (χ3v) is 3.68. The molecule has 0 fully saturated rings. The molecule has 0 aliphatic heterocycles. The van der Waals surface area contributed by atoms with Crippen LogP contribution >= 0.6 is 11.3 Å². The fourth-order valence-electron chi connectivity index (χ4n) is 1.72. The van der Waals surface area contributed by atoms with Gasteiger partial charge in [0.1, 0.15) is 5.75 Å². The lowest BCUT2D eigenvalue weighted by Crippen LogP contribution is -2.28. The molecule has 1 aromatic carbocycles. The Kier molecular flexibility index (Phi) is 4.70. The van der Waals surface area contributed by atoms with Crippen molar-refractivity contribution in [2.24, 2.45) is 0 Å². The monoisotopic (exact) mass is 292 g/mol. The predicted molar refractivity (Wildman–Crippen MR) is 76.7 cm³/mol. The molecule has 1 unspecified atom stereocenters. The number of aromatic nitrogens is 1. The van der Waals surface area contributed by atoms with Crippen LogP contribution in [0.2, 0.25) is 0 Å². The molecule has 1 amide bonds. The van der Waals surface area contributed by atoms with Gasteiger partial charge in [0.2, 0.25) is 0 Å². The van der Waals surface area contributed by atoms with Crippen LogP contribution in [-0.2, 0) is 11.3 Å². The summed E-state index contributed by atoms with van der Waals surface area (Å²) in [4.78, 5) is 17.0. The Morgan fingerprint density at radius 1 is 1.55 bits per heavy atom. The molecule has 5 nitrogen and oxygen atoms in total. The summed E-state index contributed by atoms with van der Waals surface area (Å²) in [7, 11) is 1.54. The van der Waals surface area contributed by atoms with Crippen LogP contribution in [0.5, 0.6) is 5.75 Å². The first-order valence-electron chi connectivity index (χ1n) is 6.11. The van der Waals surface area contributed by atoms with Crippen molar-refractivity contribution in [3.05, 3.63) is 45.9 Å². The second kappa shape index (κ2) is 6.49. The van der Waals surface area contributed by atoms with Crippen molar-refractivity contribution in [1.29, 1.82) is 0 Å². The van der Waals surface area contributed by atoms with Crippen LogP contribution in [-0.4, -0.2) is 23.1 Å². The number of aryl methyl sites for hydroxylation is 1. The van der Waals surface area contributed by atoms with Gasteiger partial charge in [0.25, 0.3) is 5.91 Å². The predicted octanol–water partition coefficient (Wildman–Crippen LogP) is 1.81.